The third-order valence-electron chi connectivity index (χ3n) is 2.55. The average Bonchev–Trinajstić information content (AvgIpc) is 2.31. The highest BCUT2D eigenvalue weighted by atomic mass is 16.5. The molecule has 0 saturated carbocycles. The number of hydrogen-bond acceptors (Lipinski definition) is 3. The number of ether oxygens (including phenoxy) is 1. The van der Waals surface area contributed by atoms with Crippen LogP contribution in [0.2, 0.25) is 0 Å². The van der Waals surface area contributed by atoms with Gasteiger partial charge in [0.2, 0.25) is 0 Å². The molecule has 1 heterocycles. The Balaban J connectivity index is 1.95. The van der Waals surface area contributed by atoms with Gasteiger partial charge in [-0.05, 0) is 37.1 Å². The molecule has 78 valence electrons. The number of nitrogens with one attached hydrogen (secondary N) is 1. The SMILES string of the molecule is N#Cc1ccc(NC2CCCOC2)cc1. The molecule has 0 spiro atoms. The van der Waals surface area contributed by atoms with Crippen LogP contribution in [0.1, 0.15) is 18.4 Å². The monoisotopic (exact) mass is 202 g/mol. The fourth-order valence-corrected chi connectivity index (χ4v) is 1.73. The van der Waals surface area contributed by atoms with Gasteiger partial charge >= 0.3 is 0 Å². The van der Waals surface area contributed by atoms with E-state index < -0.39 is 0 Å². The smallest absolute Gasteiger partial charge is 0.0991 e. The van der Waals surface area contributed by atoms with E-state index in [1.54, 1.807) is 0 Å². The number of nitrogens with zero attached hydrogens (tertiary/aromatic N) is 1. The number of anilines is 1. The zero-order valence-electron chi connectivity index (χ0n) is 8.57. The van der Waals surface area contributed by atoms with Crippen molar-refractivity contribution in [3.05, 3.63) is 29.8 Å². The molecule has 1 aromatic carbocycles. The molecule has 0 amide bonds. The standard InChI is InChI=1S/C12H14N2O/c13-8-10-3-5-11(6-4-10)14-12-2-1-7-15-9-12/h3-6,12,14H,1-2,7,9H2. The summed E-state index contributed by atoms with van der Waals surface area (Å²) in [6.45, 7) is 1.66. The summed E-state index contributed by atoms with van der Waals surface area (Å²) in [5.41, 5.74) is 1.75. The minimum atomic E-state index is 0.409. The first-order valence-electron chi connectivity index (χ1n) is 5.23. The normalized spacial score (nSPS) is 20.6. The van der Waals surface area contributed by atoms with Gasteiger partial charge in [-0.3, -0.25) is 0 Å². The van der Waals surface area contributed by atoms with Gasteiger partial charge in [0.25, 0.3) is 0 Å². The Bertz CT molecular complexity index is 347. The first-order valence-corrected chi connectivity index (χ1v) is 5.23. The van der Waals surface area contributed by atoms with E-state index in [-0.39, 0.29) is 0 Å². The van der Waals surface area contributed by atoms with Crippen LogP contribution in [0.5, 0.6) is 0 Å². The Kier molecular flexibility index (Phi) is 3.21. The Morgan fingerprint density at radius 2 is 2.13 bits per heavy atom. The summed E-state index contributed by atoms with van der Waals surface area (Å²) >= 11 is 0. The predicted octanol–water partition coefficient (Wildman–Crippen LogP) is 2.15. The summed E-state index contributed by atoms with van der Waals surface area (Å²) < 4.78 is 5.38. The van der Waals surface area contributed by atoms with Crippen LogP contribution < -0.4 is 5.32 Å². The molecule has 0 aliphatic carbocycles. The van der Waals surface area contributed by atoms with E-state index in [1.165, 1.54) is 0 Å². The maximum atomic E-state index is 8.66. The van der Waals surface area contributed by atoms with Gasteiger partial charge < -0.3 is 10.1 Å². The number of nitriles is 1. The first kappa shape index (κ1) is 10.0. The molecule has 15 heavy (non-hydrogen) atoms. The molecule has 0 aromatic heterocycles. The first-order chi connectivity index (χ1) is 7.38. The Labute approximate surface area is 89.7 Å². The second-order valence-electron chi connectivity index (χ2n) is 3.75. The average molecular weight is 202 g/mol. The minimum Gasteiger partial charge on any atom is -0.380 e. The van der Waals surface area contributed by atoms with Crippen molar-refractivity contribution in [2.45, 2.75) is 18.9 Å². The third-order valence-corrected chi connectivity index (χ3v) is 2.55. The van der Waals surface area contributed by atoms with E-state index in [0.717, 1.165) is 31.7 Å². The minimum absolute atomic E-state index is 0.409. The maximum absolute atomic E-state index is 8.66. The number of hydrogen-bond donors (Lipinski definition) is 1. The van der Waals surface area contributed by atoms with Crippen LogP contribution in [0.4, 0.5) is 5.69 Å². The second-order valence-corrected chi connectivity index (χ2v) is 3.75. The van der Waals surface area contributed by atoms with E-state index in [0.29, 0.717) is 11.6 Å². The molecule has 1 N–H and O–H groups in total. The van der Waals surface area contributed by atoms with Crippen molar-refractivity contribution in [2.24, 2.45) is 0 Å². The summed E-state index contributed by atoms with van der Waals surface area (Å²) in [6, 6.07) is 10.0. The highest BCUT2D eigenvalue weighted by Gasteiger charge is 2.12. The highest BCUT2D eigenvalue weighted by molar-refractivity contribution is 5.47. The molecule has 1 unspecified atom stereocenters. The van der Waals surface area contributed by atoms with Crippen molar-refractivity contribution in [1.29, 1.82) is 5.26 Å². The third kappa shape index (κ3) is 2.71. The van der Waals surface area contributed by atoms with E-state index in [4.69, 9.17) is 10.00 Å². The van der Waals surface area contributed by atoms with Crippen LogP contribution in [0.3, 0.4) is 0 Å². The zero-order chi connectivity index (χ0) is 10.5. The van der Waals surface area contributed by atoms with Gasteiger partial charge in [0.1, 0.15) is 0 Å². The molecule has 1 aliphatic rings. The predicted molar refractivity (Wildman–Crippen MR) is 58.6 cm³/mol. The van der Waals surface area contributed by atoms with Gasteiger partial charge in [0.15, 0.2) is 0 Å². The summed E-state index contributed by atoms with van der Waals surface area (Å²) in [7, 11) is 0. The largest absolute Gasteiger partial charge is 0.380 e. The van der Waals surface area contributed by atoms with Crippen LogP contribution in [-0.4, -0.2) is 19.3 Å². The van der Waals surface area contributed by atoms with E-state index in [9.17, 15) is 0 Å². The van der Waals surface area contributed by atoms with Crippen molar-refractivity contribution < 1.29 is 4.74 Å². The Morgan fingerprint density at radius 3 is 2.73 bits per heavy atom. The van der Waals surface area contributed by atoms with Crippen molar-refractivity contribution in [3.8, 4) is 6.07 Å². The van der Waals surface area contributed by atoms with Crippen LogP contribution in [-0.2, 0) is 4.74 Å². The van der Waals surface area contributed by atoms with Gasteiger partial charge in [-0.15, -0.1) is 0 Å². The highest BCUT2D eigenvalue weighted by Crippen LogP contribution is 2.14. The maximum Gasteiger partial charge on any atom is 0.0991 e. The topological polar surface area (TPSA) is 45.0 Å². The van der Waals surface area contributed by atoms with Gasteiger partial charge in [0.05, 0.1) is 18.2 Å². The van der Waals surface area contributed by atoms with Gasteiger partial charge in [-0.1, -0.05) is 0 Å². The van der Waals surface area contributed by atoms with Crippen molar-refractivity contribution in [3.63, 3.8) is 0 Å². The lowest BCUT2D eigenvalue weighted by Crippen LogP contribution is -2.29. The molecular weight excluding hydrogens is 188 g/mol. The summed E-state index contributed by atoms with van der Waals surface area (Å²) in [5, 5.41) is 12.1. The molecular formula is C12H14N2O. The van der Waals surface area contributed by atoms with Crippen LogP contribution in [0, 0.1) is 11.3 Å². The molecule has 0 bridgehead atoms. The molecule has 2 rings (SSSR count). The molecule has 1 atom stereocenters. The second kappa shape index (κ2) is 4.81. The van der Waals surface area contributed by atoms with Crippen LogP contribution in [0.25, 0.3) is 0 Å². The summed E-state index contributed by atoms with van der Waals surface area (Å²) in [6.07, 6.45) is 2.27. The number of rotatable bonds is 2. The molecule has 1 aliphatic heterocycles. The Morgan fingerprint density at radius 1 is 1.33 bits per heavy atom. The fourth-order valence-electron chi connectivity index (χ4n) is 1.73. The molecule has 3 nitrogen and oxygen atoms in total. The van der Waals surface area contributed by atoms with Crippen LogP contribution >= 0.6 is 0 Å². The van der Waals surface area contributed by atoms with Crippen LogP contribution in [0.15, 0.2) is 24.3 Å². The quantitative estimate of drug-likeness (QED) is 0.799. The summed E-state index contributed by atoms with van der Waals surface area (Å²) in [5.74, 6) is 0. The Hall–Kier alpha value is -1.53. The van der Waals surface area contributed by atoms with Gasteiger partial charge in [-0.2, -0.15) is 5.26 Å². The molecule has 1 saturated heterocycles. The van der Waals surface area contributed by atoms with E-state index in [1.807, 2.05) is 24.3 Å². The molecule has 1 aromatic rings. The number of benzene rings is 1. The lowest BCUT2D eigenvalue weighted by Gasteiger charge is -2.24. The zero-order valence-corrected chi connectivity index (χ0v) is 8.57. The lowest BCUT2D eigenvalue weighted by molar-refractivity contribution is 0.0876. The fraction of sp³-hybridized carbons (Fsp3) is 0.417. The molecule has 3 heteroatoms. The molecule has 0 radical (unpaired) electrons. The molecule has 1 fully saturated rings. The summed E-state index contributed by atoms with van der Waals surface area (Å²) in [4.78, 5) is 0. The van der Waals surface area contributed by atoms with Crippen molar-refractivity contribution in [1.82, 2.24) is 0 Å². The van der Waals surface area contributed by atoms with Gasteiger partial charge in [-0.25, -0.2) is 0 Å². The van der Waals surface area contributed by atoms with E-state index >= 15 is 0 Å². The lowest BCUT2D eigenvalue weighted by atomic mass is 10.1. The van der Waals surface area contributed by atoms with Crippen molar-refractivity contribution in [2.75, 3.05) is 18.5 Å². The van der Waals surface area contributed by atoms with Crippen molar-refractivity contribution >= 4 is 5.69 Å². The van der Waals surface area contributed by atoms with E-state index in [2.05, 4.69) is 11.4 Å². The van der Waals surface area contributed by atoms with Gasteiger partial charge in [0, 0.05) is 18.3 Å².